The summed E-state index contributed by atoms with van der Waals surface area (Å²) in [5.74, 6) is -1.19. The van der Waals surface area contributed by atoms with Gasteiger partial charge in [0, 0.05) is 16.6 Å². The first-order chi connectivity index (χ1) is 13.7. The minimum Gasteiger partial charge on any atom is -0.442 e. The fourth-order valence-electron chi connectivity index (χ4n) is 3.65. The molecule has 0 saturated carbocycles. The van der Waals surface area contributed by atoms with Gasteiger partial charge in [0.1, 0.15) is 5.52 Å². The summed E-state index contributed by atoms with van der Waals surface area (Å²) in [6.07, 6.45) is 0. The molecule has 0 radical (unpaired) electrons. The van der Waals surface area contributed by atoms with Crippen molar-refractivity contribution < 1.29 is 14.3 Å². The molecule has 0 N–H and O–H groups in total. The van der Waals surface area contributed by atoms with Gasteiger partial charge in [0.2, 0.25) is 0 Å². The number of carbonyl (C=O) groups is 1. The average molecular weight is 367 g/mol. The van der Waals surface area contributed by atoms with Crippen LogP contribution in [-0.4, -0.2) is 11.0 Å². The highest BCUT2D eigenvalue weighted by Crippen LogP contribution is 2.44. The number of hydrogen-bond acceptors (Lipinski definition) is 4. The third kappa shape index (κ3) is 2.46. The molecule has 1 aliphatic rings. The highest BCUT2D eigenvalue weighted by Gasteiger charge is 2.49. The molecular formula is C24H17NO3. The third-order valence-electron chi connectivity index (χ3n) is 4.97. The van der Waals surface area contributed by atoms with E-state index in [0.717, 1.165) is 22.2 Å². The number of carbonyl (C=O) groups excluding carboxylic acids is 1. The number of rotatable bonds is 3. The molecule has 5 rings (SSSR count). The SMILES string of the molecule is Cc1ccc2cccc(OC3(c4ccccc4)OC(=O)c4ccccc43)c2n1. The standard InChI is InChI=1S/C24H17NO3/c1-16-14-15-17-8-7-13-21(22(17)25-16)27-24(18-9-3-2-4-10-18)20-12-6-5-11-19(20)23(26)28-24/h2-15H,1H3. The number of ether oxygens (including phenoxy) is 2. The molecular weight excluding hydrogens is 350 g/mol. The fraction of sp³-hybridized carbons (Fsp3) is 0.0833. The molecule has 0 amide bonds. The van der Waals surface area contributed by atoms with Crippen molar-refractivity contribution in [3.63, 3.8) is 0 Å². The van der Waals surface area contributed by atoms with Gasteiger partial charge in [0.05, 0.1) is 11.1 Å². The van der Waals surface area contributed by atoms with Crippen molar-refractivity contribution in [3.8, 4) is 5.75 Å². The zero-order valence-corrected chi connectivity index (χ0v) is 15.3. The summed E-state index contributed by atoms with van der Waals surface area (Å²) < 4.78 is 12.4. The lowest BCUT2D eigenvalue weighted by atomic mass is 9.95. The number of aromatic nitrogens is 1. The van der Waals surface area contributed by atoms with Gasteiger partial charge >= 0.3 is 11.8 Å². The number of aryl methyl sites for hydroxylation is 1. The van der Waals surface area contributed by atoms with Crippen molar-refractivity contribution in [1.82, 2.24) is 4.98 Å². The average Bonchev–Trinajstić information content (AvgIpc) is 3.02. The lowest BCUT2D eigenvalue weighted by molar-refractivity contribution is -0.108. The molecule has 1 aliphatic heterocycles. The van der Waals surface area contributed by atoms with Crippen molar-refractivity contribution in [2.45, 2.75) is 12.7 Å². The summed E-state index contributed by atoms with van der Waals surface area (Å²) in [4.78, 5) is 17.3. The van der Waals surface area contributed by atoms with Crippen molar-refractivity contribution >= 4 is 16.9 Å². The molecule has 3 aromatic carbocycles. The number of benzene rings is 3. The normalized spacial score (nSPS) is 18.0. The quantitative estimate of drug-likeness (QED) is 0.479. The van der Waals surface area contributed by atoms with E-state index in [-0.39, 0.29) is 0 Å². The van der Waals surface area contributed by atoms with Gasteiger partial charge in [-0.1, -0.05) is 60.7 Å². The molecule has 1 aromatic heterocycles. The van der Waals surface area contributed by atoms with Crippen LogP contribution in [0, 0.1) is 6.92 Å². The zero-order valence-electron chi connectivity index (χ0n) is 15.3. The van der Waals surface area contributed by atoms with Gasteiger partial charge in [-0.2, -0.15) is 0 Å². The van der Waals surface area contributed by atoms with Gasteiger partial charge in [-0.25, -0.2) is 9.78 Å². The molecule has 2 heterocycles. The fourth-order valence-corrected chi connectivity index (χ4v) is 3.65. The van der Waals surface area contributed by atoms with Crippen LogP contribution in [0.3, 0.4) is 0 Å². The second kappa shape index (κ2) is 6.20. The summed E-state index contributed by atoms with van der Waals surface area (Å²) in [6.45, 7) is 1.94. The minimum absolute atomic E-state index is 0.399. The predicted molar refractivity (Wildman–Crippen MR) is 106 cm³/mol. The number of cyclic esters (lactones) is 1. The smallest absolute Gasteiger partial charge is 0.342 e. The van der Waals surface area contributed by atoms with Crippen molar-refractivity contribution in [2.75, 3.05) is 0 Å². The van der Waals surface area contributed by atoms with Crippen LogP contribution in [0.25, 0.3) is 10.9 Å². The molecule has 28 heavy (non-hydrogen) atoms. The maximum Gasteiger partial charge on any atom is 0.342 e. The van der Waals surface area contributed by atoms with E-state index >= 15 is 0 Å². The minimum atomic E-state index is -1.35. The summed E-state index contributed by atoms with van der Waals surface area (Å²) in [5, 5.41) is 0.962. The first kappa shape index (κ1) is 16.5. The third-order valence-corrected chi connectivity index (χ3v) is 4.97. The van der Waals surface area contributed by atoms with Gasteiger partial charge in [0.25, 0.3) is 0 Å². The number of para-hydroxylation sites is 1. The number of nitrogens with zero attached hydrogens (tertiary/aromatic N) is 1. The zero-order chi connectivity index (χ0) is 19.1. The Hall–Kier alpha value is -3.66. The first-order valence-corrected chi connectivity index (χ1v) is 9.11. The Morgan fingerprint density at radius 2 is 1.64 bits per heavy atom. The molecule has 0 spiro atoms. The molecule has 0 bridgehead atoms. The molecule has 4 heteroatoms. The largest absolute Gasteiger partial charge is 0.442 e. The van der Waals surface area contributed by atoms with E-state index in [1.807, 2.05) is 85.8 Å². The molecule has 0 aliphatic carbocycles. The van der Waals surface area contributed by atoms with Crippen LogP contribution in [0.5, 0.6) is 5.75 Å². The monoisotopic (exact) mass is 367 g/mol. The van der Waals surface area contributed by atoms with E-state index in [2.05, 4.69) is 4.98 Å². The highest BCUT2D eigenvalue weighted by atomic mass is 16.7. The maximum absolute atomic E-state index is 12.6. The summed E-state index contributed by atoms with van der Waals surface area (Å²) in [7, 11) is 0. The summed E-state index contributed by atoms with van der Waals surface area (Å²) in [6, 6.07) is 26.6. The van der Waals surface area contributed by atoms with Crippen LogP contribution < -0.4 is 4.74 Å². The van der Waals surface area contributed by atoms with Crippen molar-refractivity contribution in [3.05, 3.63) is 107 Å². The number of esters is 1. The van der Waals surface area contributed by atoms with Gasteiger partial charge in [-0.3, -0.25) is 0 Å². The number of pyridine rings is 1. The molecule has 1 atom stereocenters. The first-order valence-electron chi connectivity index (χ1n) is 9.11. The van der Waals surface area contributed by atoms with E-state index in [0.29, 0.717) is 16.9 Å². The second-order valence-electron chi connectivity index (χ2n) is 6.80. The second-order valence-corrected chi connectivity index (χ2v) is 6.80. The Bertz CT molecular complexity index is 1200. The van der Waals surface area contributed by atoms with E-state index < -0.39 is 11.8 Å². The molecule has 4 aromatic rings. The summed E-state index contributed by atoms with van der Waals surface area (Å²) >= 11 is 0. The van der Waals surface area contributed by atoms with Crippen LogP contribution in [0.2, 0.25) is 0 Å². The highest BCUT2D eigenvalue weighted by molar-refractivity contribution is 5.95. The van der Waals surface area contributed by atoms with Gasteiger partial charge in [0.15, 0.2) is 5.75 Å². The lowest BCUT2D eigenvalue weighted by Crippen LogP contribution is -2.35. The Kier molecular flexibility index (Phi) is 3.66. The Balaban J connectivity index is 1.75. The van der Waals surface area contributed by atoms with Crippen molar-refractivity contribution in [2.24, 2.45) is 0 Å². The van der Waals surface area contributed by atoms with Gasteiger partial charge in [-0.05, 0) is 31.2 Å². The lowest BCUT2D eigenvalue weighted by Gasteiger charge is -2.30. The van der Waals surface area contributed by atoms with E-state index in [9.17, 15) is 4.79 Å². The topological polar surface area (TPSA) is 48.4 Å². The predicted octanol–water partition coefficient (Wildman–Crippen LogP) is 4.99. The Labute approximate surface area is 162 Å². The number of fused-ring (bicyclic) bond motifs is 2. The van der Waals surface area contributed by atoms with Gasteiger partial charge in [-0.15, -0.1) is 0 Å². The number of hydrogen-bond donors (Lipinski definition) is 0. The van der Waals surface area contributed by atoms with Crippen LogP contribution in [-0.2, 0) is 10.5 Å². The molecule has 136 valence electrons. The van der Waals surface area contributed by atoms with Crippen LogP contribution in [0.4, 0.5) is 0 Å². The molecule has 0 fully saturated rings. The van der Waals surface area contributed by atoms with Crippen LogP contribution in [0.1, 0.15) is 27.2 Å². The molecule has 1 unspecified atom stereocenters. The Morgan fingerprint density at radius 1 is 0.857 bits per heavy atom. The molecule has 4 nitrogen and oxygen atoms in total. The van der Waals surface area contributed by atoms with Crippen LogP contribution >= 0.6 is 0 Å². The molecule has 0 saturated heterocycles. The van der Waals surface area contributed by atoms with E-state index in [4.69, 9.17) is 9.47 Å². The van der Waals surface area contributed by atoms with E-state index in [1.165, 1.54) is 0 Å². The van der Waals surface area contributed by atoms with Crippen molar-refractivity contribution in [1.29, 1.82) is 0 Å². The van der Waals surface area contributed by atoms with Gasteiger partial charge < -0.3 is 9.47 Å². The maximum atomic E-state index is 12.6. The Morgan fingerprint density at radius 3 is 2.50 bits per heavy atom. The summed E-state index contributed by atoms with van der Waals surface area (Å²) in [5.41, 5.74) is 3.57. The van der Waals surface area contributed by atoms with E-state index in [1.54, 1.807) is 6.07 Å². The van der Waals surface area contributed by atoms with Crippen LogP contribution in [0.15, 0.2) is 84.9 Å².